The molecule has 4 aromatic rings. The number of benzene rings is 2. The van der Waals surface area contributed by atoms with Crippen LogP contribution in [0.2, 0.25) is 0 Å². The number of rotatable bonds is 6. The van der Waals surface area contributed by atoms with Crippen molar-refractivity contribution in [1.82, 2.24) is 25.5 Å². The summed E-state index contributed by atoms with van der Waals surface area (Å²) in [5.41, 5.74) is 4.35. The molecule has 8 heteroatoms. The van der Waals surface area contributed by atoms with E-state index in [0.29, 0.717) is 17.4 Å². The van der Waals surface area contributed by atoms with Crippen molar-refractivity contribution in [3.05, 3.63) is 59.9 Å². The molecule has 33 heavy (non-hydrogen) atoms. The van der Waals surface area contributed by atoms with E-state index in [9.17, 15) is 4.79 Å². The molecule has 0 aliphatic heterocycles. The van der Waals surface area contributed by atoms with Crippen LogP contribution in [0.15, 0.2) is 48.8 Å². The molecule has 3 N–H and O–H groups in total. The Morgan fingerprint density at radius 2 is 1.94 bits per heavy atom. The van der Waals surface area contributed by atoms with Gasteiger partial charge in [0.25, 0.3) is 5.91 Å². The molecule has 0 aliphatic carbocycles. The van der Waals surface area contributed by atoms with Crippen LogP contribution >= 0.6 is 0 Å². The molecule has 4 rings (SSSR count). The molecular formula is C25H28N6O2. The maximum atomic E-state index is 12.1. The number of amides is 1. The molecule has 0 fully saturated rings. The fraction of sp³-hybridized carbons (Fsp3) is 0.280. The fourth-order valence-corrected chi connectivity index (χ4v) is 3.65. The van der Waals surface area contributed by atoms with E-state index in [1.807, 2.05) is 51.1 Å². The second kappa shape index (κ2) is 8.90. The number of anilines is 2. The Bertz CT molecular complexity index is 1290. The Morgan fingerprint density at radius 1 is 1.12 bits per heavy atom. The quantitative estimate of drug-likeness (QED) is 0.399. The van der Waals surface area contributed by atoms with Crippen LogP contribution in [0, 0.1) is 13.8 Å². The van der Waals surface area contributed by atoms with Gasteiger partial charge in [0.1, 0.15) is 11.6 Å². The number of fused-ring (bicyclic) bond motifs is 1. The number of carbonyl (C=O) groups is 1. The average molecular weight is 445 g/mol. The van der Waals surface area contributed by atoms with Gasteiger partial charge in [0.05, 0.1) is 17.4 Å². The topological polar surface area (TPSA) is 105 Å². The zero-order valence-corrected chi connectivity index (χ0v) is 19.5. The third-order valence-electron chi connectivity index (χ3n) is 4.88. The predicted octanol–water partition coefficient (Wildman–Crippen LogP) is 4.67. The molecule has 8 nitrogen and oxygen atoms in total. The first-order chi connectivity index (χ1) is 15.7. The molecule has 0 saturated carbocycles. The van der Waals surface area contributed by atoms with Gasteiger partial charge >= 0.3 is 0 Å². The largest absolute Gasteiger partial charge is 0.484 e. The van der Waals surface area contributed by atoms with Gasteiger partial charge in [-0.2, -0.15) is 5.10 Å². The first kappa shape index (κ1) is 22.3. The van der Waals surface area contributed by atoms with Gasteiger partial charge in [-0.15, -0.1) is 0 Å². The van der Waals surface area contributed by atoms with Crippen LogP contribution < -0.4 is 15.4 Å². The summed E-state index contributed by atoms with van der Waals surface area (Å²) >= 11 is 0. The Morgan fingerprint density at radius 3 is 2.67 bits per heavy atom. The molecular weight excluding hydrogens is 416 g/mol. The van der Waals surface area contributed by atoms with Crippen LogP contribution in [0.4, 0.5) is 11.5 Å². The maximum Gasteiger partial charge on any atom is 0.258 e. The highest BCUT2D eigenvalue weighted by Crippen LogP contribution is 2.31. The van der Waals surface area contributed by atoms with E-state index in [0.717, 1.165) is 33.3 Å². The number of aromatic nitrogens is 4. The highest BCUT2D eigenvalue weighted by Gasteiger charge is 2.16. The van der Waals surface area contributed by atoms with E-state index in [4.69, 9.17) is 14.7 Å². The Hall–Kier alpha value is -3.94. The number of nitrogens with zero attached hydrogens (tertiary/aromatic N) is 3. The number of nitrogens with one attached hydrogen (secondary N) is 3. The standard InChI is InChI=1S/C25H28N6O2/c1-15-9-16(2)22-20(10-15)29-23(30-24(22)28-18-12-26-27-13-18)17-7-6-8-19(11-17)33-14-21(32)31-25(3,4)5/h6-13H,14H2,1-5H3,(H,26,27)(H,31,32)(H,28,29,30). The van der Waals surface area contributed by atoms with Gasteiger partial charge in [0.15, 0.2) is 12.4 Å². The molecule has 0 unspecified atom stereocenters. The summed E-state index contributed by atoms with van der Waals surface area (Å²) < 4.78 is 5.72. The minimum absolute atomic E-state index is 0.0645. The van der Waals surface area contributed by atoms with Crippen molar-refractivity contribution < 1.29 is 9.53 Å². The van der Waals surface area contributed by atoms with Crippen LogP contribution in [0.1, 0.15) is 31.9 Å². The summed E-state index contributed by atoms with van der Waals surface area (Å²) in [5.74, 6) is 1.66. The van der Waals surface area contributed by atoms with E-state index in [1.54, 1.807) is 12.4 Å². The van der Waals surface area contributed by atoms with E-state index in [2.05, 4.69) is 40.7 Å². The van der Waals surface area contributed by atoms with Gasteiger partial charge in [-0.05, 0) is 63.9 Å². The van der Waals surface area contributed by atoms with Gasteiger partial charge in [0.2, 0.25) is 0 Å². The number of hydrogen-bond acceptors (Lipinski definition) is 6. The molecule has 0 spiro atoms. The SMILES string of the molecule is Cc1cc(C)c2c(Nc3cn[nH]c3)nc(-c3cccc(OCC(=O)NC(C)(C)C)c3)nc2c1. The second-order valence-electron chi connectivity index (χ2n) is 9.10. The van der Waals surface area contributed by atoms with Crippen molar-refractivity contribution >= 4 is 28.3 Å². The predicted molar refractivity (Wildman–Crippen MR) is 130 cm³/mol. The average Bonchev–Trinajstić information content (AvgIpc) is 3.23. The molecule has 0 radical (unpaired) electrons. The van der Waals surface area contributed by atoms with E-state index >= 15 is 0 Å². The van der Waals surface area contributed by atoms with Gasteiger partial charge in [-0.1, -0.05) is 18.2 Å². The molecule has 170 valence electrons. The van der Waals surface area contributed by atoms with Crippen LogP contribution in [-0.4, -0.2) is 38.2 Å². The number of aryl methyl sites for hydroxylation is 2. The molecule has 0 atom stereocenters. The number of hydrogen-bond donors (Lipinski definition) is 3. The van der Waals surface area contributed by atoms with Crippen molar-refractivity contribution in [2.75, 3.05) is 11.9 Å². The monoisotopic (exact) mass is 444 g/mol. The fourth-order valence-electron chi connectivity index (χ4n) is 3.65. The lowest BCUT2D eigenvalue weighted by atomic mass is 10.1. The number of H-pyrrole nitrogens is 1. The van der Waals surface area contributed by atoms with Crippen LogP contribution in [-0.2, 0) is 4.79 Å². The molecule has 0 bridgehead atoms. The van der Waals surface area contributed by atoms with E-state index in [1.165, 1.54) is 0 Å². The first-order valence-electron chi connectivity index (χ1n) is 10.8. The normalized spacial score (nSPS) is 11.4. The zero-order valence-electron chi connectivity index (χ0n) is 19.5. The van der Waals surface area contributed by atoms with Crippen molar-refractivity contribution in [1.29, 1.82) is 0 Å². The van der Waals surface area contributed by atoms with E-state index < -0.39 is 0 Å². The molecule has 2 heterocycles. The van der Waals surface area contributed by atoms with Gasteiger partial charge in [-0.3, -0.25) is 9.89 Å². The molecule has 0 aliphatic rings. The van der Waals surface area contributed by atoms with Crippen LogP contribution in [0.3, 0.4) is 0 Å². The Kier molecular flexibility index (Phi) is 6.00. The summed E-state index contributed by atoms with van der Waals surface area (Å²) in [4.78, 5) is 21.8. The summed E-state index contributed by atoms with van der Waals surface area (Å²) in [6.07, 6.45) is 3.47. The van der Waals surface area contributed by atoms with Gasteiger partial charge in [-0.25, -0.2) is 9.97 Å². The lowest BCUT2D eigenvalue weighted by molar-refractivity contribution is -0.124. The minimum atomic E-state index is -0.310. The molecule has 0 saturated heterocycles. The van der Waals surface area contributed by atoms with Crippen molar-refractivity contribution in [2.45, 2.75) is 40.2 Å². The lowest BCUT2D eigenvalue weighted by Gasteiger charge is -2.20. The second-order valence-corrected chi connectivity index (χ2v) is 9.10. The van der Waals surface area contributed by atoms with E-state index in [-0.39, 0.29) is 18.1 Å². The third-order valence-corrected chi connectivity index (χ3v) is 4.88. The first-order valence-corrected chi connectivity index (χ1v) is 10.8. The summed E-state index contributed by atoms with van der Waals surface area (Å²) in [5, 5.41) is 14.0. The third kappa shape index (κ3) is 5.46. The lowest BCUT2D eigenvalue weighted by Crippen LogP contribution is -2.43. The number of aromatic amines is 1. The number of carbonyl (C=O) groups excluding carboxylic acids is 1. The molecule has 1 amide bonds. The molecule has 2 aromatic carbocycles. The maximum absolute atomic E-state index is 12.1. The Balaban J connectivity index is 1.68. The number of ether oxygens (including phenoxy) is 1. The highest BCUT2D eigenvalue weighted by atomic mass is 16.5. The van der Waals surface area contributed by atoms with Gasteiger partial charge < -0.3 is 15.4 Å². The summed E-state index contributed by atoms with van der Waals surface area (Å²) in [6.45, 7) is 9.83. The summed E-state index contributed by atoms with van der Waals surface area (Å²) in [7, 11) is 0. The van der Waals surface area contributed by atoms with Crippen molar-refractivity contribution in [3.63, 3.8) is 0 Å². The van der Waals surface area contributed by atoms with Gasteiger partial charge in [0, 0.05) is 22.7 Å². The van der Waals surface area contributed by atoms with Crippen molar-refractivity contribution in [3.8, 4) is 17.1 Å². The summed E-state index contributed by atoms with van der Waals surface area (Å²) in [6, 6.07) is 11.6. The zero-order chi connectivity index (χ0) is 23.6. The van der Waals surface area contributed by atoms with Crippen molar-refractivity contribution in [2.24, 2.45) is 0 Å². The van der Waals surface area contributed by atoms with Crippen LogP contribution in [0.25, 0.3) is 22.3 Å². The Labute approximate surface area is 192 Å². The molecule has 2 aromatic heterocycles. The smallest absolute Gasteiger partial charge is 0.258 e. The minimum Gasteiger partial charge on any atom is -0.484 e. The van der Waals surface area contributed by atoms with Crippen LogP contribution in [0.5, 0.6) is 5.75 Å². The highest BCUT2D eigenvalue weighted by molar-refractivity contribution is 5.95.